The minimum absolute atomic E-state index is 0.713. The number of hydrogen-bond donors (Lipinski definition) is 1. The summed E-state index contributed by atoms with van der Waals surface area (Å²) >= 11 is 0. The first-order valence-electron chi connectivity index (χ1n) is 11.4. The summed E-state index contributed by atoms with van der Waals surface area (Å²) in [5, 5.41) is 0. The Bertz CT molecular complexity index is 397. The van der Waals surface area contributed by atoms with E-state index in [0.717, 1.165) is 6.54 Å². The summed E-state index contributed by atoms with van der Waals surface area (Å²) in [5.41, 5.74) is 0. The van der Waals surface area contributed by atoms with Crippen LogP contribution in [0.2, 0.25) is 0 Å². The van der Waals surface area contributed by atoms with Crippen LogP contribution >= 0.6 is 0 Å². The summed E-state index contributed by atoms with van der Waals surface area (Å²) in [7, 11) is 0. The lowest BCUT2D eigenvalue weighted by Gasteiger charge is -2.11. The highest BCUT2D eigenvalue weighted by atomic mass is 15.1. The van der Waals surface area contributed by atoms with Crippen molar-refractivity contribution in [1.29, 1.82) is 0 Å². The molecule has 2 nitrogen and oxygen atoms in total. The van der Waals surface area contributed by atoms with Gasteiger partial charge in [0, 0.05) is 0 Å². The zero-order valence-electron chi connectivity index (χ0n) is 17.5. The molecule has 0 saturated heterocycles. The van der Waals surface area contributed by atoms with E-state index < -0.39 is 0 Å². The quantitative estimate of drug-likeness (QED) is 0.225. The molecule has 0 amide bonds. The zero-order valence-corrected chi connectivity index (χ0v) is 17.5. The molecule has 0 aliphatic carbocycles. The van der Waals surface area contributed by atoms with Crippen LogP contribution < -0.4 is 4.57 Å². The second-order valence-electron chi connectivity index (χ2n) is 7.82. The Labute approximate surface area is 157 Å². The third-order valence-corrected chi connectivity index (χ3v) is 5.55. The number of H-pyrrole nitrogens is 1. The number of imidazole rings is 1. The first kappa shape index (κ1) is 22.3. The van der Waals surface area contributed by atoms with Crippen molar-refractivity contribution in [3.8, 4) is 0 Å². The fourth-order valence-corrected chi connectivity index (χ4v) is 3.93. The van der Waals surface area contributed by atoms with Crippen molar-refractivity contribution in [2.75, 3.05) is 0 Å². The van der Waals surface area contributed by atoms with Gasteiger partial charge in [0.05, 0.1) is 12.5 Å². The van der Waals surface area contributed by atoms with Gasteiger partial charge in [-0.2, -0.15) is 0 Å². The van der Waals surface area contributed by atoms with Crippen LogP contribution in [0, 0.1) is 0 Å². The molecular formula is C23H45N2+. The lowest BCUT2D eigenvalue weighted by atomic mass is 9.96. The van der Waals surface area contributed by atoms with E-state index in [2.05, 4.69) is 42.7 Å². The minimum atomic E-state index is 0.713. The zero-order chi connectivity index (χ0) is 18.2. The third-order valence-electron chi connectivity index (χ3n) is 5.55. The van der Waals surface area contributed by atoms with Crippen molar-refractivity contribution in [2.45, 2.75) is 130 Å². The number of unbranched alkanes of at least 4 members (excludes halogenated alkanes) is 11. The predicted molar refractivity (Wildman–Crippen MR) is 110 cm³/mol. The summed E-state index contributed by atoms with van der Waals surface area (Å²) < 4.78 is 2.43. The van der Waals surface area contributed by atoms with E-state index in [1.165, 1.54) is 102 Å². The molecule has 1 aromatic rings. The molecule has 2 heteroatoms. The second kappa shape index (κ2) is 15.5. The molecule has 0 fully saturated rings. The standard InChI is InChI=1S/C23H44N2/c1-4-7-8-9-10-11-12-13-14-15-16-17-18-22(6-3)23-24-19-21-25(23)20-5-2/h19,21-22H,4-18,20H2,1-3H3/p+1/t22-/m0/s1. The average Bonchev–Trinajstić information content (AvgIpc) is 3.08. The highest BCUT2D eigenvalue weighted by Crippen LogP contribution is 2.22. The molecule has 25 heavy (non-hydrogen) atoms. The number of aryl methyl sites for hydroxylation is 1. The Hall–Kier alpha value is -0.790. The van der Waals surface area contributed by atoms with E-state index in [1.54, 1.807) is 0 Å². The van der Waals surface area contributed by atoms with E-state index in [9.17, 15) is 0 Å². The maximum absolute atomic E-state index is 3.50. The van der Waals surface area contributed by atoms with E-state index in [-0.39, 0.29) is 0 Å². The van der Waals surface area contributed by atoms with E-state index in [0.29, 0.717) is 5.92 Å². The fraction of sp³-hybridized carbons (Fsp3) is 0.870. The Kier molecular flexibility index (Phi) is 13.8. The molecule has 0 saturated carbocycles. The molecule has 0 aliphatic heterocycles. The summed E-state index contributed by atoms with van der Waals surface area (Å²) in [6.07, 6.45) is 25.4. The summed E-state index contributed by atoms with van der Waals surface area (Å²) in [6.45, 7) is 8.04. The molecule has 1 atom stereocenters. The normalized spacial score (nSPS) is 12.6. The van der Waals surface area contributed by atoms with Crippen molar-refractivity contribution >= 4 is 0 Å². The van der Waals surface area contributed by atoms with E-state index >= 15 is 0 Å². The molecule has 1 heterocycles. The number of aromatic nitrogens is 2. The van der Waals surface area contributed by atoms with Crippen LogP contribution in [0.15, 0.2) is 12.4 Å². The summed E-state index contributed by atoms with van der Waals surface area (Å²) in [5.74, 6) is 2.16. The monoisotopic (exact) mass is 349 g/mol. The fourth-order valence-electron chi connectivity index (χ4n) is 3.93. The van der Waals surface area contributed by atoms with Gasteiger partial charge in [-0.1, -0.05) is 97.8 Å². The highest BCUT2D eigenvalue weighted by Gasteiger charge is 2.20. The van der Waals surface area contributed by atoms with Gasteiger partial charge in [0.25, 0.3) is 5.82 Å². The van der Waals surface area contributed by atoms with Gasteiger partial charge in [-0.25, -0.2) is 9.55 Å². The first-order chi connectivity index (χ1) is 12.3. The predicted octanol–water partition coefficient (Wildman–Crippen LogP) is 7.30. The van der Waals surface area contributed by atoms with Crippen LogP contribution in [0.5, 0.6) is 0 Å². The molecule has 0 spiro atoms. The Balaban J connectivity index is 2.01. The van der Waals surface area contributed by atoms with Crippen LogP contribution in [0.3, 0.4) is 0 Å². The number of nitrogens with one attached hydrogen (secondary N) is 1. The molecule has 0 bridgehead atoms. The van der Waals surface area contributed by atoms with Crippen molar-refractivity contribution in [2.24, 2.45) is 0 Å². The smallest absolute Gasteiger partial charge is 0.247 e. The van der Waals surface area contributed by atoms with Crippen LogP contribution in [-0.4, -0.2) is 4.98 Å². The number of nitrogens with zero attached hydrogens (tertiary/aromatic N) is 1. The van der Waals surface area contributed by atoms with Gasteiger partial charge in [0.15, 0.2) is 0 Å². The third kappa shape index (κ3) is 10.1. The molecule has 1 rings (SSSR count). The second-order valence-corrected chi connectivity index (χ2v) is 7.82. The molecule has 146 valence electrons. The van der Waals surface area contributed by atoms with Crippen LogP contribution in [0.4, 0.5) is 0 Å². The summed E-state index contributed by atoms with van der Waals surface area (Å²) in [4.78, 5) is 3.50. The molecule has 1 aromatic heterocycles. The van der Waals surface area contributed by atoms with Gasteiger partial charge in [0.1, 0.15) is 12.4 Å². The molecule has 0 radical (unpaired) electrons. The van der Waals surface area contributed by atoms with Gasteiger partial charge >= 0.3 is 0 Å². The number of rotatable bonds is 17. The minimum Gasteiger partial charge on any atom is -0.247 e. The maximum atomic E-state index is 3.50. The van der Waals surface area contributed by atoms with Gasteiger partial charge in [-0.05, 0) is 19.3 Å². The SMILES string of the molecule is CCCCCCCCCCCCCC[C@H](CC)c1[nH]cc[n+]1CCC. The lowest BCUT2D eigenvalue weighted by Crippen LogP contribution is -2.37. The maximum Gasteiger partial charge on any atom is 0.257 e. The van der Waals surface area contributed by atoms with Crippen LogP contribution in [0.25, 0.3) is 0 Å². The van der Waals surface area contributed by atoms with Crippen molar-refractivity contribution in [1.82, 2.24) is 4.98 Å². The Morgan fingerprint density at radius 3 is 1.84 bits per heavy atom. The van der Waals surface area contributed by atoms with Crippen molar-refractivity contribution in [3.05, 3.63) is 18.2 Å². The van der Waals surface area contributed by atoms with Crippen LogP contribution in [-0.2, 0) is 6.54 Å². The molecule has 1 N–H and O–H groups in total. The van der Waals surface area contributed by atoms with Crippen molar-refractivity contribution < 1.29 is 4.57 Å². The summed E-state index contributed by atoms with van der Waals surface area (Å²) in [6, 6.07) is 0. The first-order valence-corrected chi connectivity index (χ1v) is 11.4. The highest BCUT2D eigenvalue weighted by molar-refractivity contribution is 4.89. The topological polar surface area (TPSA) is 19.7 Å². The average molecular weight is 350 g/mol. The lowest BCUT2D eigenvalue weighted by molar-refractivity contribution is -0.704. The Morgan fingerprint density at radius 1 is 0.760 bits per heavy atom. The number of aromatic amines is 1. The molecular weight excluding hydrogens is 304 g/mol. The van der Waals surface area contributed by atoms with E-state index in [1.807, 2.05) is 0 Å². The molecule has 0 unspecified atom stereocenters. The van der Waals surface area contributed by atoms with Gasteiger partial charge in [-0.15, -0.1) is 0 Å². The van der Waals surface area contributed by atoms with Gasteiger partial charge in [-0.3, -0.25) is 0 Å². The Morgan fingerprint density at radius 2 is 1.32 bits per heavy atom. The molecule has 0 aliphatic rings. The number of hydrogen-bond acceptors (Lipinski definition) is 0. The van der Waals surface area contributed by atoms with Crippen LogP contribution in [0.1, 0.15) is 129 Å². The van der Waals surface area contributed by atoms with Crippen molar-refractivity contribution in [3.63, 3.8) is 0 Å². The van der Waals surface area contributed by atoms with Gasteiger partial charge in [0.2, 0.25) is 0 Å². The van der Waals surface area contributed by atoms with Gasteiger partial charge < -0.3 is 0 Å². The molecule has 0 aromatic carbocycles. The van der Waals surface area contributed by atoms with E-state index in [4.69, 9.17) is 0 Å². The largest absolute Gasteiger partial charge is 0.257 e.